The lowest BCUT2D eigenvalue weighted by molar-refractivity contribution is 0.262. The van der Waals surface area contributed by atoms with Gasteiger partial charge in [0.05, 0.1) is 5.69 Å². The van der Waals surface area contributed by atoms with Crippen LogP contribution in [0, 0.1) is 0 Å². The molecule has 0 radical (unpaired) electrons. The molecule has 1 fully saturated rings. The van der Waals surface area contributed by atoms with Gasteiger partial charge >= 0.3 is 6.03 Å². The van der Waals surface area contributed by atoms with Crippen LogP contribution in [-0.4, -0.2) is 29.3 Å². The molecule has 2 aromatic carbocycles. The van der Waals surface area contributed by atoms with E-state index in [1.807, 2.05) is 42.5 Å². The summed E-state index contributed by atoms with van der Waals surface area (Å²) in [6, 6.07) is 19.5. The number of nitrogens with one attached hydrogen (secondary N) is 2. The molecule has 33 heavy (non-hydrogen) atoms. The lowest BCUT2D eigenvalue weighted by Crippen LogP contribution is -2.25. The monoisotopic (exact) mass is 443 g/mol. The molecule has 0 spiro atoms. The molecule has 0 unspecified atom stereocenters. The standard InChI is InChI=1S/C27H33N5O/c1-2-3-8-21-9-13-23(14-10-21)28-27(33)29-24-15-11-22(12-16-24)25-17-18-26(31-30-25)32-19-6-4-5-7-20-32/h9-18H,2-8,19-20H2,1H3,(H2,28,29,33). The van der Waals surface area contributed by atoms with E-state index in [2.05, 4.69) is 50.9 Å². The molecular weight excluding hydrogens is 410 g/mol. The van der Waals surface area contributed by atoms with Crippen LogP contribution >= 0.6 is 0 Å². The largest absolute Gasteiger partial charge is 0.355 e. The Balaban J connectivity index is 1.31. The molecule has 2 heterocycles. The summed E-state index contributed by atoms with van der Waals surface area (Å²) in [6.07, 6.45) is 8.46. The minimum absolute atomic E-state index is 0.259. The molecule has 2 N–H and O–H groups in total. The van der Waals surface area contributed by atoms with Crippen molar-refractivity contribution < 1.29 is 4.79 Å². The number of unbranched alkanes of at least 4 members (excludes halogenated alkanes) is 1. The predicted octanol–water partition coefficient (Wildman–Crippen LogP) is 6.51. The van der Waals surface area contributed by atoms with E-state index in [-0.39, 0.29) is 6.03 Å². The molecule has 2 amide bonds. The third-order valence-electron chi connectivity index (χ3n) is 6.05. The lowest BCUT2D eigenvalue weighted by Gasteiger charge is -2.20. The van der Waals surface area contributed by atoms with Gasteiger partial charge in [0.15, 0.2) is 5.82 Å². The first-order valence-electron chi connectivity index (χ1n) is 12.1. The summed E-state index contributed by atoms with van der Waals surface area (Å²) < 4.78 is 0. The fraction of sp³-hybridized carbons (Fsp3) is 0.370. The molecule has 1 aromatic heterocycles. The Morgan fingerprint density at radius 3 is 2.03 bits per heavy atom. The van der Waals surface area contributed by atoms with Gasteiger partial charge in [-0.05, 0) is 67.6 Å². The van der Waals surface area contributed by atoms with Gasteiger partial charge in [0.1, 0.15) is 0 Å². The van der Waals surface area contributed by atoms with E-state index in [0.717, 1.165) is 48.0 Å². The van der Waals surface area contributed by atoms with Gasteiger partial charge in [-0.15, -0.1) is 10.2 Å². The number of rotatable bonds is 7. The average molecular weight is 444 g/mol. The number of aromatic nitrogens is 2. The second kappa shape index (κ2) is 11.5. The molecular formula is C27H33N5O. The van der Waals surface area contributed by atoms with Crippen molar-refractivity contribution in [1.82, 2.24) is 10.2 Å². The fourth-order valence-electron chi connectivity index (χ4n) is 4.10. The molecule has 4 rings (SSSR count). The van der Waals surface area contributed by atoms with E-state index in [1.54, 1.807) is 0 Å². The van der Waals surface area contributed by atoms with Crippen molar-refractivity contribution in [3.63, 3.8) is 0 Å². The van der Waals surface area contributed by atoms with Crippen LogP contribution in [0.3, 0.4) is 0 Å². The van der Waals surface area contributed by atoms with E-state index < -0.39 is 0 Å². The van der Waals surface area contributed by atoms with Gasteiger partial charge in [0.25, 0.3) is 0 Å². The molecule has 0 saturated carbocycles. The minimum Gasteiger partial charge on any atom is -0.355 e. The number of carbonyl (C=O) groups excluding carboxylic acids is 1. The lowest BCUT2D eigenvalue weighted by atomic mass is 10.1. The minimum atomic E-state index is -0.259. The zero-order chi connectivity index (χ0) is 22.9. The molecule has 1 aliphatic heterocycles. The Labute approximate surface area is 196 Å². The van der Waals surface area contributed by atoms with E-state index in [4.69, 9.17) is 0 Å². The molecule has 0 bridgehead atoms. The van der Waals surface area contributed by atoms with Gasteiger partial charge in [-0.25, -0.2) is 4.79 Å². The SMILES string of the molecule is CCCCc1ccc(NC(=O)Nc2ccc(-c3ccc(N4CCCCCC4)nn3)cc2)cc1. The Bertz CT molecular complexity index is 1010. The van der Waals surface area contributed by atoms with Gasteiger partial charge in [0.2, 0.25) is 0 Å². The van der Waals surface area contributed by atoms with Crippen LogP contribution < -0.4 is 15.5 Å². The fourth-order valence-corrected chi connectivity index (χ4v) is 4.10. The highest BCUT2D eigenvalue weighted by atomic mass is 16.2. The Morgan fingerprint density at radius 2 is 1.45 bits per heavy atom. The molecule has 1 aliphatic rings. The number of hydrogen-bond acceptors (Lipinski definition) is 4. The second-order valence-corrected chi connectivity index (χ2v) is 8.63. The summed E-state index contributed by atoms with van der Waals surface area (Å²) in [5.74, 6) is 0.953. The number of hydrogen-bond donors (Lipinski definition) is 2. The third-order valence-corrected chi connectivity index (χ3v) is 6.05. The van der Waals surface area contributed by atoms with Crippen LogP contribution in [-0.2, 0) is 6.42 Å². The highest BCUT2D eigenvalue weighted by Crippen LogP contribution is 2.22. The molecule has 1 saturated heterocycles. The summed E-state index contributed by atoms with van der Waals surface area (Å²) in [4.78, 5) is 14.7. The summed E-state index contributed by atoms with van der Waals surface area (Å²) in [7, 11) is 0. The van der Waals surface area contributed by atoms with E-state index in [1.165, 1.54) is 44.1 Å². The van der Waals surface area contributed by atoms with Crippen molar-refractivity contribution in [2.24, 2.45) is 0 Å². The van der Waals surface area contributed by atoms with Crippen LogP contribution in [0.25, 0.3) is 11.3 Å². The van der Waals surface area contributed by atoms with Crippen LogP contribution in [0.4, 0.5) is 22.0 Å². The molecule has 0 aliphatic carbocycles. The first-order valence-corrected chi connectivity index (χ1v) is 12.1. The van der Waals surface area contributed by atoms with Crippen LogP contribution in [0.1, 0.15) is 51.0 Å². The normalized spacial score (nSPS) is 13.9. The van der Waals surface area contributed by atoms with Crippen molar-refractivity contribution in [3.8, 4) is 11.3 Å². The summed E-state index contributed by atoms with van der Waals surface area (Å²) in [5.41, 5.74) is 4.60. The van der Waals surface area contributed by atoms with Gasteiger partial charge < -0.3 is 15.5 Å². The van der Waals surface area contributed by atoms with Gasteiger partial charge in [0, 0.05) is 30.0 Å². The number of nitrogens with zero attached hydrogens (tertiary/aromatic N) is 3. The van der Waals surface area contributed by atoms with Crippen LogP contribution in [0.15, 0.2) is 60.7 Å². The van der Waals surface area contributed by atoms with Crippen molar-refractivity contribution in [1.29, 1.82) is 0 Å². The second-order valence-electron chi connectivity index (χ2n) is 8.63. The number of aryl methyl sites for hydroxylation is 1. The number of anilines is 3. The zero-order valence-electron chi connectivity index (χ0n) is 19.4. The van der Waals surface area contributed by atoms with E-state index in [9.17, 15) is 4.79 Å². The number of carbonyl (C=O) groups is 1. The third kappa shape index (κ3) is 6.54. The molecule has 0 atom stereocenters. The molecule has 3 aromatic rings. The van der Waals surface area contributed by atoms with Crippen LogP contribution in [0.2, 0.25) is 0 Å². The Morgan fingerprint density at radius 1 is 0.818 bits per heavy atom. The van der Waals surface area contributed by atoms with Crippen molar-refractivity contribution in [3.05, 3.63) is 66.2 Å². The maximum Gasteiger partial charge on any atom is 0.323 e. The highest BCUT2D eigenvalue weighted by Gasteiger charge is 2.12. The van der Waals surface area contributed by atoms with Gasteiger partial charge in [-0.2, -0.15) is 0 Å². The van der Waals surface area contributed by atoms with Gasteiger partial charge in [-0.1, -0.05) is 50.5 Å². The predicted molar refractivity (Wildman–Crippen MR) is 136 cm³/mol. The maximum atomic E-state index is 12.4. The average Bonchev–Trinajstić information content (AvgIpc) is 3.14. The maximum absolute atomic E-state index is 12.4. The Kier molecular flexibility index (Phi) is 7.90. The number of urea groups is 1. The number of benzene rings is 2. The number of amides is 2. The Hall–Kier alpha value is -3.41. The van der Waals surface area contributed by atoms with E-state index >= 15 is 0 Å². The van der Waals surface area contributed by atoms with Gasteiger partial charge in [-0.3, -0.25) is 0 Å². The molecule has 6 heteroatoms. The van der Waals surface area contributed by atoms with Crippen molar-refractivity contribution in [2.75, 3.05) is 28.6 Å². The summed E-state index contributed by atoms with van der Waals surface area (Å²) in [5, 5.41) is 14.7. The molecule has 172 valence electrons. The summed E-state index contributed by atoms with van der Waals surface area (Å²) in [6.45, 7) is 4.30. The zero-order valence-corrected chi connectivity index (χ0v) is 19.4. The highest BCUT2D eigenvalue weighted by molar-refractivity contribution is 5.99. The van der Waals surface area contributed by atoms with E-state index in [0.29, 0.717) is 0 Å². The molecule has 6 nitrogen and oxygen atoms in total. The summed E-state index contributed by atoms with van der Waals surface area (Å²) >= 11 is 0. The smallest absolute Gasteiger partial charge is 0.323 e. The van der Waals surface area contributed by atoms with Crippen LogP contribution in [0.5, 0.6) is 0 Å². The van der Waals surface area contributed by atoms with Crippen molar-refractivity contribution >= 4 is 23.2 Å². The first kappa shape index (κ1) is 22.8. The topological polar surface area (TPSA) is 70.2 Å². The van der Waals surface area contributed by atoms with Crippen molar-refractivity contribution in [2.45, 2.75) is 51.9 Å². The quantitative estimate of drug-likeness (QED) is 0.437. The first-order chi connectivity index (χ1) is 16.2.